The maximum atomic E-state index is 13.9. The van der Waals surface area contributed by atoms with Gasteiger partial charge >= 0.3 is 0 Å². The van der Waals surface area contributed by atoms with E-state index in [-0.39, 0.29) is 11.5 Å². The molecule has 1 atom stereocenters. The van der Waals surface area contributed by atoms with Crippen LogP contribution in [-0.4, -0.2) is 31.8 Å². The standard InChI is InChI=1S/C30H27N3O5S/c1-18-25(28(34)32-21-10-6-5-7-11-21)26(19-13-15-22(36-2)16-14-19)33-29(35)24(39-30(33)31-18)17-20-9-8-12-23(37-3)27(20)38-4/h5-17,26H,1-4H3,(H,32,34)/b24-17+/t26-/m0/s1. The van der Waals surface area contributed by atoms with Gasteiger partial charge in [0.05, 0.1) is 43.2 Å². The molecule has 1 aliphatic rings. The Labute approximate surface area is 229 Å². The first-order valence-electron chi connectivity index (χ1n) is 12.2. The molecule has 39 heavy (non-hydrogen) atoms. The van der Waals surface area contributed by atoms with Gasteiger partial charge in [-0.3, -0.25) is 14.2 Å². The van der Waals surface area contributed by atoms with Crippen molar-refractivity contribution in [3.63, 3.8) is 0 Å². The van der Waals surface area contributed by atoms with Crippen LogP contribution in [0.5, 0.6) is 17.2 Å². The molecule has 0 radical (unpaired) electrons. The molecule has 0 saturated heterocycles. The summed E-state index contributed by atoms with van der Waals surface area (Å²) in [5, 5.41) is 2.96. The summed E-state index contributed by atoms with van der Waals surface area (Å²) in [4.78, 5) is 32.8. The first-order valence-corrected chi connectivity index (χ1v) is 13.0. The lowest BCUT2D eigenvalue weighted by Gasteiger charge is -2.25. The lowest BCUT2D eigenvalue weighted by molar-refractivity contribution is -0.113. The van der Waals surface area contributed by atoms with Crippen LogP contribution in [0.25, 0.3) is 6.08 Å². The van der Waals surface area contributed by atoms with Crippen LogP contribution in [0.2, 0.25) is 0 Å². The summed E-state index contributed by atoms with van der Waals surface area (Å²) >= 11 is 1.26. The molecule has 0 aliphatic carbocycles. The van der Waals surface area contributed by atoms with Gasteiger partial charge in [-0.1, -0.05) is 53.8 Å². The molecule has 1 aliphatic heterocycles. The highest BCUT2D eigenvalue weighted by molar-refractivity contribution is 7.07. The number of hydrogen-bond donors (Lipinski definition) is 1. The molecule has 0 spiro atoms. The van der Waals surface area contributed by atoms with Crippen molar-refractivity contribution < 1.29 is 19.0 Å². The summed E-state index contributed by atoms with van der Waals surface area (Å²) in [6.45, 7) is 1.79. The highest BCUT2D eigenvalue weighted by atomic mass is 32.1. The molecule has 0 saturated carbocycles. The summed E-state index contributed by atoms with van der Waals surface area (Å²) in [5.41, 5.74) is 2.77. The van der Waals surface area contributed by atoms with E-state index >= 15 is 0 Å². The number of nitrogens with zero attached hydrogens (tertiary/aromatic N) is 2. The van der Waals surface area contributed by atoms with Gasteiger partial charge in [0.1, 0.15) is 5.75 Å². The van der Waals surface area contributed by atoms with Crippen molar-refractivity contribution in [1.29, 1.82) is 0 Å². The van der Waals surface area contributed by atoms with Crippen LogP contribution in [0.4, 0.5) is 5.69 Å². The molecule has 1 amide bonds. The van der Waals surface area contributed by atoms with Crippen LogP contribution in [0.3, 0.4) is 0 Å². The Bertz CT molecular complexity index is 1740. The second-order valence-electron chi connectivity index (χ2n) is 8.76. The molecular weight excluding hydrogens is 514 g/mol. The number of allylic oxidation sites excluding steroid dienone is 1. The van der Waals surface area contributed by atoms with E-state index in [1.807, 2.05) is 66.7 Å². The Morgan fingerprint density at radius 1 is 0.949 bits per heavy atom. The third kappa shape index (κ3) is 4.96. The second-order valence-corrected chi connectivity index (χ2v) is 9.77. The van der Waals surface area contributed by atoms with Crippen LogP contribution >= 0.6 is 11.3 Å². The Hall–Kier alpha value is -4.63. The van der Waals surface area contributed by atoms with Crippen LogP contribution < -0.4 is 34.4 Å². The molecule has 0 fully saturated rings. The number of aromatic nitrogens is 1. The molecule has 3 aromatic carbocycles. The molecular formula is C30H27N3O5S. The normalized spacial score (nSPS) is 14.9. The number of para-hydroxylation sites is 2. The minimum absolute atomic E-state index is 0.262. The molecule has 9 heteroatoms. The fourth-order valence-electron chi connectivity index (χ4n) is 4.60. The molecule has 2 heterocycles. The summed E-state index contributed by atoms with van der Waals surface area (Å²) in [6, 6.07) is 21.3. The molecule has 5 rings (SSSR count). The average molecular weight is 542 g/mol. The second kappa shape index (κ2) is 11.0. The lowest BCUT2D eigenvalue weighted by atomic mass is 9.95. The quantitative estimate of drug-likeness (QED) is 0.383. The SMILES string of the molecule is COc1ccc([C@H]2C(C(=O)Nc3ccccc3)=C(C)N=c3s/c(=C/c4cccc(OC)c4OC)c(=O)n32)cc1. The van der Waals surface area contributed by atoms with E-state index < -0.39 is 6.04 Å². The number of amides is 1. The zero-order chi connectivity index (χ0) is 27.5. The maximum absolute atomic E-state index is 13.9. The van der Waals surface area contributed by atoms with Crippen LogP contribution in [-0.2, 0) is 4.79 Å². The molecule has 1 aromatic heterocycles. The van der Waals surface area contributed by atoms with Crippen molar-refractivity contribution in [2.45, 2.75) is 13.0 Å². The van der Waals surface area contributed by atoms with E-state index in [9.17, 15) is 9.59 Å². The number of benzene rings is 3. The Balaban J connectivity index is 1.69. The van der Waals surface area contributed by atoms with E-state index in [1.165, 1.54) is 11.3 Å². The predicted octanol–water partition coefficient (Wildman–Crippen LogP) is 3.90. The maximum Gasteiger partial charge on any atom is 0.271 e. The number of ether oxygens (including phenoxy) is 3. The van der Waals surface area contributed by atoms with E-state index in [4.69, 9.17) is 19.2 Å². The number of carbonyl (C=O) groups is 1. The summed E-state index contributed by atoms with van der Waals surface area (Å²) in [5.74, 6) is 1.43. The van der Waals surface area contributed by atoms with Crippen molar-refractivity contribution in [1.82, 2.24) is 4.57 Å². The lowest BCUT2D eigenvalue weighted by Crippen LogP contribution is -2.40. The molecule has 0 unspecified atom stereocenters. The van der Waals surface area contributed by atoms with Gasteiger partial charge in [0.25, 0.3) is 11.5 Å². The number of carbonyl (C=O) groups excluding carboxylic acids is 1. The number of thiazole rings is 1. The summed E-state index contributed by atoms with van der Waals surface area (Å²) < 4.78 is 18.3. The smallest absolute Gasteiger partial charge is 0.271 e. The van der Waals surface area contributed by atoms with E-state index in [1.54, 1.807) is 45.0 Å². The van der Waals surface area contributed by atoms with Gasteiger partial charge in [-0.15, -0.1) is 0 Å². The third-order valence-electron chi connectivity index (χ3n) is 6.45. The van der Waals surface area contributed by atoms with Gasteiger partial charge < -0.3 is 19.5 Å². The highest BCUT2D eigenvalue weighted by Crippen LogP contribution is 2.33. The van der Waals surface area contributed by atoms with Gasteiger partial charge in [0.15, 0.2) is 16.3 Å². The third-order valence-corrected chi connectivity index (χ3v) is 7.43. The van der Waals surface area contributed by atoms with E-state index in [0.717, 1.165) is 5.56 Å². The van der Waals surface area contributed by atoms with Crippen molar-refractivity contribution in [2.24, 2.45) is 4.99 Å². The van der Waals surface area contributed by atoms with Gasteiger partial charge in [0, 0.05) is 11.3 Å². The van der Waals surface area contributed by atoms with Crippen molar-refractivity contribution >= 4 is 29.0 Å². The van der Waals surface area contributed by atoms with Crippen LogP contribution in [0.15, 0.2) is 93.9 Å². The predicted molar refractivity (Wildman–Crippen MR) is 151 cm³/mol. The largest absolute Gasteiger partial charge is 0.497 e. The van der Waals surface area contributed by atoms with Crippen molar-refractivity contribution in [2.75, 3.05) is 26.6 Å². The number of methoxy groups -OCH3 is 3. The average Bonchev–Trinajstić information content (AvgIpc) is 3.26. The monoisotopic (exact) mass is 541 g/mol. The Kier molecular flexibility index (Phi) is 7.33. The zero-order valence-electron chi connectivity index (χ0n) is 21.9. The van der Waals surface area contributed by atoms with Crippen molar-refractivity contribution in [3.05, 3.63) is 115 Å². The summed E-state index contributed by atoms with van der Waals surface area (Å²) in [6.07, 6.45) is 1.76. The molecule has 8 nitrogen and oxygen atoms in total. The summed E-state index contributed by atoms with van der Waals surface area (Å²) in [7, 11) is 4.71. The molecule has 1 N–H and O–H groups in total. The fraction of sp³-hybridized carbons (Fsp3) is 0.167. The molecule has 0 bridgehead atoms. The number of anilines is 1. The number of nitrogens with one attached hydrogen (secondary N) is 1. The number of hydrogen-bond acceptors (Lipinski definition) is 7. The Morgan fingerprint density at radius 2 is 1.69 bits per heavy atom. The molecule has 198 valence electrons. The first kappa shape index (κ1) is 26.0. The van der Waals surface area contributed by atoms with Crippen LogP contribution in [0, 0.1) is 0 Å². The highest BCUT2D eigenvalue weighted by Gasteiger charge is 2.32. The van der Waals surface area contributed by atoms with Crippen LogP contribution in [0.1, 0.15) is 24.1 Å². The molecule has 4 aromatic rings. The van der Waals surface area contributed by atoms with Gasteiger partial charge in [-0.05, 0) is 48.9 Å². The number of fused-ring (bicyclic) bond motifs is 1. The minimum Gasteiger partial charge on any atom is -0.497 e. The number of rotatable bonds is 7. The Morgan fingerprint density at radius 3 is 2.36 bits per heavy atom. The fourth-order valence-corrected chi connectivity index (χ4v) is 5.64. The van der Waals surface area contributed by atoms with Gasteiger partial charge in [-0.25, -0.2) is 4.99 Å². The van der Waals surface area contributed by atoms with E-state index in [0.29, 0.717) is 49.1 Å². The van der Waals surface area contributed by atoms with Gasteiger partial charge in [0.2, 0.25) is 0 Å². The zero-order valence-corrected chi connectivity index (χ0v) is 22.7. The first-order chi connectivity index (χ1) is 18.9. The minimum atomic E-state index is -0.690. The van der Waals surface area contributed by atoms with Crippen molar-refractivity contribution in [3.8, 4) is 17.2 Å². The van der Waals surface area contributed by atoms with Gasteiger partial charge in [-0.2, -0.15) is 0 Å². The topological polar surface area (TPSA) is 91.2 Å². The van der Waals surface area contributed by atoms with E-state index in [2.05, 4.69) is 5.32 Å².